The Hall–Kier alpha value is -1.25. The molecular weight excluding hydrogens is 186 g/mol. The van der Waals surface area contributed by atoms with Crippen molar-refractivity contribution in [1.82, 2.24) is 0 Å². The van der Waals surface area contributed by atoms with E-state index >= 15 is 0 Å². The molecule has 0 bridgehead atoms. The number of fused-ring (bicyclic) bond motifs is 1. The van der Waals surface area contributed by atoms with E-state index in [4.69, 9.17) is 0 Å². The van der Waals surface area contributed by atoms with E-state index in [1.165, 1.54) is 6.07 Å². The third-order valence-corrected chi connectivity index (χ3v) is 2.74. The van der Waals surface area contributed by atoms with Crippen LogP contribution in [0.1, 0.15) is 41.6 Å². The van der Waals surface area contributed by atoms with E-state index in [2.05, 4.69) is 0 Å². The second-order valence-corrected chi connectivity index (χ2v) is 3.69. The van der Waals surface area contributed by atoms with Crippen LogP contribution in [0.25, 0.3) is 0 Å². The van der Waals surface area contributed by atoms with Gasteiger partial charge in [-0.25, -0.2) is 8.78 Å². The molecule has 0 saturated carbocycles. The molecule has 14 heavy (non-hydrogen) atoms. The number of hydrogen-bond donors (Lipinski definition) is 0. The molecule has 1 aliphatic rings. The van der Waals surface area contributed by atoms with Crippen LogP contribution < -0.4 is 0 Å². The maximum atomic E-state index is 13.3. The van der Waals surface area contributed by atoms with Crippen molar-refractivity contribution in [2.24, 2.45) is 0 Å². The quantitative estimate of drug-likeness (QED) is 0.623. The van der Waals surface area contributed by atoms with E-state index in [-0.39, 0.29) is 17.3 Å². The second kappa shape index (κ2) is 3.15. The lowest BCUT2D eigenvalue weighted by Gasteiger charge is -2.21. The van der Waals surface area contributed by atoms with Gasteiger partial charge in [-0.05, 0) is 24.0 Å². The van der Waals surface area contributed by atoms with Crippen molar-refractivity contribution >= 4 is 5.78 Å². The van der Waals surface area contributed by atoms with Crippen LogP contribution in [0.3, 0.4) is 0 Å². The summed E-state index contributed by atoms with van der Waals surface area (Å²) in [6.45, 7) is 1.92. The Morgan fingerprint density at radius 2 is 2.07 bits per heavy atom. The minimum absolute atomic E-state index is 0.0382. The smallest absolute Gasteiger partial charge is 0.169 e. The van der Waals surface area contributed by atoms with Gasteiger partial charge in [0.25, 0.3) is 0 Å². The largest absolute Gasteiger partial charge is 0.294 e. The van der Waals surface area contributed by atoms with Crippen LogP contribution in [-0.4, -0.2) is 5.78 Å². The van der Waals surface area contributed by atoms with Crippen LogP contribution in [0.5, 0.6) is 0 Å². The van der Waals surface area contributed by atoms with Crippen LogP contribution in [-0.2, 0) is 0 Å². The maximum Gasteiger partial charge on any atom is 0.169 e. The predicted molar refractivity (Wildman–Crippen MR) is 48.3 cm³/mol. The summed E-state index contributed by atoms with van der Waals surface area (Å²) in [6.07, 6.45) is 1.03. The Bertz CT molecular complexity index is 399. The van der Waals surface area contributed by atoms with Gasteiger partial charge in [-0.1, -0.05) is 13.0 Å². The molecule has 0 fully saturated rings. The number of Topliss-reactive ketones (excluding diaryl/α,β-unsaturated/α-hetero) is 1. The molecule has 74 valence electrons. The molecule has 0 saturated heterocycles. The van der Waals surface area contributed by atoms with Crippen molar-refractivity contribution in [3.63, 3.8) is 0 Å². The molecule has 0 spiro atoms. The molecule has 0 heterocycles. The van der Waals surface area contributed by atoms with Crippen LogP contribution in [0.2, 0.25) is 0 Å². The SMILES string of the molecule is CC1CCC(=O)c2c1ccc(F)c2F. The lowest BCUT2D eigenvalue weighted by atomic mass is 9.83. The number of hydrogen-bond acceptors (Lipinski definition) is 1. The first-order valence-electron chi connectivity index (χ1n) is 4.62. The van der Waals surface area contributed by atoms with Gasteiger partial charge in [0.15, 0.2) is 17.4 Å². The summed E-state index contributed by atoms with van der Waals surface area (Å²) in [4.78, 5) is 11.4. The highest BCUT2D eigenvalue weighted by molar-refractivity contribution is 5.99. The number of carbonyl (C=O) groups is 1. The van der Waals surface area contributed by atoms with Crippen molar-refractivity contribution in [3.8, 4) is 0 Å². The molecule has 1 aromatic carbocycles. The molecule has 2 rings (SSSR count). The normalized spacial score (nSPS) is 20.8. The van der Waals surface area contributed by atoms with E-state index in [0.717, 1.165) is 12.5 Å². The summed E-state index contributed by atoms with van der Waals surface area (Å²) < 4.78 is 26.2. The highest BCUT2D eigenvalue weighted by Crippen LogP contribution is 2.33. The highest BCUT2D eigenvalue weighted by atomic mass is 19.2. The van der Waals surface area contributed by atoms with E-state index in [9.17, 15) is 13.6 Å². The van der Waals surface area contributed by atoms with Crippen molar-refractivity contribution in [2.45, 2.75) is 25.7 Å². The third kappa shape index (κ3) is 1.24. The summed E-state index contributed by atoms with van der Waals surface area (Å²) in [5.41, 5.74) is 0.601. The highest BCUT2D eigenvalue weighted by Gasteiger charge is 2.27. The van der Waals surface area contributed by atoms with Crippen molar-refractivity contribution in [1.29, 1.82) is 0 Å². The van der Waals surface area contributed by atoms with Gasteiger partial charge < -0.3 is 0 Å². The zero-order valence-corrected chi connectivity index (χ0v) is 7.81. The Morgan fingerprint density at radius 1 is 1.36 bits per heavy atom. The molecule has 1 aliphatic carbocycles. The van der Waals surface area contributed by atoms with Crippen LogP contribution in [0.15, 0.2) is 12.1 Å². The minimum atomic E-state index is -0.987. The number of benzene rings is 1. The van der Waals surface area contributed by atoms with E-state index in [1.54, 1.807) is 0 Å². The number of ketones is 1. The van der Waals surface area contributed by atoms with E-state index < -0.39 is 11.6 Å². The lowest BCUT2D eigenvalue weighted by Crippen LogP contribution is -2.16. The van der Waals surface area contributed by atoms with Crippen LogP contribution in [0, 0.1) is 11.6 Å². The monoisotopic (exact) mass is 196 g/mol. The summed E-state index contributed by atoms with van der Waals surface area (Å²) in [6, 6.07) is 2.60. The summed E-state index contributed by atoms with van der Waals surface area (Å²) in [7, 11) is 0. The molecule has 0 N–H and O–H groups in total. The van der Waals surface area contributed by atoms with Gasteiger partial charge in [-0.3, -0.25) is 4.79 Å². The standard InChI is InChI=1S/C11H10F2O/c1-6-2-5-9(14)10-7(6)3-4-8(12)11(10)13/h3-4,6H,2,5H2,1H3. The molecule has 1 atom stereocenters. The first-order valence-corrected chi connectivity index (χ1v) is 4.62. The predicted octanol–water partition coefficient (Wildman–Crippen LogP) is 3.04. The van der Waals surface area contributed by atoms with Crippen LogP contribution >= 0.6 is 0 Å². The summed E-state index contributed by atoms with van der Waals surface area (Å²) in [5.74, 6) is -2.07. The van der Waals surface area contributed by atoms with Gasteiger partial charge in [0, 0.05) is 6.42 Å². The average molecular weight is 196 g/mol. The summed E-state index contributed by atoms with van der Waals surface area (Å²) in [5, 5.41) is 0. The number of rotatable bonds is 0. The van der Waals surface area contributed by atoms with Crippen molar-refractivity contribution in [2.75, 3.05) is 0 Å². The molecule has 0 radical (unpaired) electrons. The molecule has 0 aliphatic heterocycles. The Kier molecular flexibility index (Phi) is 2.10. The lowest BCUT2D eigenvalue weighted by molar-refractivity contribution is 0.0962. The molecular formula is C11H10F2O. The molecule has 3 heteroatoms. The fourth-order valence-corrected chi connectivity index (χ4v) is 1.89. The van der Waals surface area contributed by atoms with Gasteiger partial charge in [-0.2, -0.15) is 0 Å². The number of halogens is 2. The minimum Gasteiger partial charge on any atom is -0.294 e. The van der Waals surface area contributed by atoms with Gasteiger partial charge in [0.05, 0.1) is 5.56 Å². The van der Waals surface area contributed by atoms with Crippen LogP contribution in [0.4, 0.5) is 8.78 Å². The Balaban J connectivity index is 2.67. The fourth-order valence-electron chi connectivity index (χ4n) is 1.89. The fraction of sp³-hybridized carbons (Fsp3) is 0.364. The van der Waals surface area contributed by atoms with Gasteiger partial charge in [0.2, 0.25) is 0 Å². The molecule has 0 aromatic heterocycles. The average Bonchev–Trinajstić information content (AvgIpc) is 2.16. The first kappa shape index (κ1) is 9.31. The maximum absolute atomic E-state index is 13.3. The Labute approximate surface area is 80.7 Å². The first-order chi connectivity index (χ1) is 6.61. The topological polar surface area (TPSA) is 17.1 Å². The Morgan fingerprint density at radius 3 is 2.79 bits per heavy atom. The van der Waals surface area contributed by atoms with Gasteiger partial charge >= 0.3 is 0 Å². The van der Waals surface area contributed by atoms with E-state index in [0.29, 0.717) is 12.0 Å². The van der Waals surface area contributed by atoms with Crippen molar-refractivity contribution < 1.29 is 13.6 Å². The summed E-state index contributed by atoms with van der Waals surface area (Å²) >= 11 is 0. The van der Waals surface area contributed by atoms with E-state index in [1.807, 2.05) is 6.92 Å². The third-order valence-electron chi connectivity index (χ3n) is 2.74. The van der Waals surface area contributed by atoms with Crippen molar-refractivity contribution in [3.05, 3.63) is 34.9 Å². The molecule has 1 nitrogen and oxygen atoms in total. The zero-order valence-electron chi connectivity index (χ0n) is 7.81. The second-order valence-electron chi connectivity index (χ2n) is 3.69. The zero-order chi connectivity index (χ0) is 10.3. The molecule has 0 amide bonds. The number of carbonyl (C=O) groups excluding carboxylic acids is 1. The molecule has 1 unspecified atom stereocenters. The van der Waals surface area contributed by atoms with Gasteiger partial charge in [0.1, 0.15) is 0 Å². The van der Waals surface area contributed by atoms with Gasteiger partial charge in [-0.15, -0.1) is 0 Å². The molecule has 1 aromatic rings.